The lowest BCUT2D eigenvalue weighted by molar-refractivity contribution is 0.415. The van der Waals surface area contributed by atoms with Gasteiger partial charge in [0.05, 0.1) is 7.11 Å². The molecule has 106 valence electrons. The minimum atomic E-state index is 0.754. The molecule has 3 nitrogen and oxygen atoms in total. The van der Waals surface area contributed by atoms with E-state index in [9.17, 15) is 0 Å². The maximum Gasteiger partial charge on any atom is 0.120 e. The molecule has 4 heteroatoms. The van der Waals surface area contributed by atoms with E-state index in [0.29, 0.717) is 0 Å². The van der Waals surface area contributed by atoms with Crippen molar-refractivity contribution in [1.82, 2.24) is 0 Å². The fourth-order valence-electron chi connectivity index (χ4n) is 1.91. The van der Waals surface area contributed by atoms with E-state index < -0.39 is 0 Å². The second-order valence-electron chi connectivity index (χ2n) is 4.56. The number of halogens is 1. The van der Waals surface area contributed by atoms with Crippen molar-refractivity contribution in [2.75, 3.05) is 37.5 Å². The molecule has 0 unspecified atom stereocenters. The first-order valence-electron chi connectivity index (χ1n) is 6.53. The van der Waals surface area contributed by atoms with Crippen LogP contribution >= 0.6 is 11.6 Å². The molecule has 2 rings (SSSR count). The molecule has 0 spiro atoms. The Morgan fingerprint density at radius 3 is 2.60 bits per heavy atom. The smallest absolute Gasteiger partial charge is 0.120 e. The van der Waals surface area contributed by atoms with Crippen molar-refractivity contribution in [3.8, 4) is 5.75 Å². The number of likely N-dealkylation sites (N-methyl/N-ethyl adjacent to an activating group) is 1. The molecule has 1 N–H and O–H groups in total. The normalized spacial score (nSPS) is 10.2. The monoisotopic (exact) mass is 290 g/mol. The Morgan fingerprint density at radius 2 is 1.90 bits per heavy atom. The van der Waals surface area contributed by atoms with Crippen LogP contribution in [0.2, 0.25) is 5.02 Å². The van der Waals surface area contributed by atoms with Crippen molar-refractivity contribution in [2.24, 2.45) is 0 Å². The van der Waals surface area contributed by atoms with Crippen LogP contribution in [0.25, 0.3) is 0 Å². The molecule has 0 atom stereocenters. The summed E-state index contributed by atoms with van der Waals surface area (Å²) in [6.45, 7) is 1.76. The van der Waals surface area contributed by atoms with Gasteiger partial charge >= 0.3 is 0 Å². The summed E-state index contributed by atoms with van der Waals surface area (Å²) in [5.74, 6) is 0.875. The Bertz CT molecular complexity index is 542. The fourth-order valence-corrected chi connectivity index (χ4v) is 2.04. The predicted octanol–water partition coefficient (Wildman–Crippen LogP) is 3.90. The molecule has 0 bridgehead atoms. The Labute approximate surface area is 125 Å². The van der Waals surface area contributed by atoms with Gasteiger partial charge in [0.25, 0.3) is 0 Å². The minimum Gasteiger partial charge on any atom is -0.497 e. The summed E-state index contributed by atoms with van der Waals surface area (Å²) < 4.78 is 5.24. The van der Waals surface area contributed by atoms with Gasteiger partial charge in [-0.2, -0.15) is 0 Å². The molecule has 0 saturated heterocycles. The lowest BCUT2D eigenvalue weighted by Gasteiger charge is -2.20. The largest absolute Gasteiger partial charge is 0.497 e. The van der Waals surface area contributed by atoms with Crippen LogP contribution in [0.3, 0.4) is 0 Å². The van der Waals surface area contributed by atoms with Gasteiger partial charge in [-0.05, 0) is 36.4 Å². The number of hydrogen-bond acceptors (Lipinski definition) is 3. The first-order valence-corrected chi connectivity index (χ1v) is 6.91. The molecule has 20 heavy (non-hydrogen) atoms. The van der Waals surface area contributed by atoms with Gasteiger partial charge in [-0.25, -0.2) is 0 Å². The van der Waals surface area contributed by atoms with Crippen molar-refractivity contribution in [2.45, 2.75) is 0 Å². The lowest BCUT2D eigenvalue weighted by atomic mass is 10.2. The zero-order chi connectivity index (χ0) is 14.4. The van der Waals surface area contributed by atoms with Crippen LogP contribution in [0, 0.1) is 0 Å². The van der Waals surface area contributed by atoms with Gasteiger partial charge in [0, 0.05) is 42.6 Å². The molecule has 0 aliphatic rings. The van der Waals surface area contributed by atoms with Crippen molar-refractivity contribution in [1.29, 1.82) is 0 Å². The SMILES string of the molecule is COc1cccc(N(C)CCNc2ccc(Cl)cc2)c1. The molecule has 0 aromatic heterocycles. The molecular formula is C16H19ClN2O. The van der Waals surface area contributed by atoms with E-state index in [1.807, 2.05) is 42.5 Å². The summed E-state index contributed by atoms with van der Waals surface area (Å²) in [7, 11) is 3.75. The van der Waals surface area contributed by atoms with Gasteiger partial charge in [-0.3, -0.25) is 0 Å². The van der Waals surface area contributed by atoms with Gasteiger partial charge in [0.2, 0.25) is 0 Å². The third kappa shape index (κ3) is 4.07. The number of anilines is 2. The summed E-state index contributed by atoms with van der Waals surface area (Å²) in [4.78, 5) is 2.19. The highest BCUT2D eigenvalue weighted by atomic mass is 35.5. The molecule has 0 aliphatic heterocycles. The maximum atomic E-state index is 5.86. The number of hydrogen-bond donors (Lipinski definition) is 1. The van der Waals surface area contributed by atoms with Gasteiger partial charge < -0.3 is 15.0 Å². The van der Waals surface area contributed by atoms with E-state index in [4.69, 9.17) is 16.3 Å². The molecule has 2 aromatic carbocycles. The fraction of sp³-hybridized carbons (Fsp3) is 0.250. The summed E-state index contributed by atoms with van der Waals surface area (Å²) in [5, 5.41) is 4.12. The van der Waals surface area contributed by atoms with E-state index in [1.54, 1.807) is 7.11 Å². The highest BCUT2D eigenvalue weighted by Crippen LogP contribution is 2.19. The number of ether oxygens (including phenoxy) is 1. The van der Waals surface area contributed by atoms with Gasteiger partial charge in [0.15, 0.2) is 0 Å². The topological polar surface area (TPSA) is 24.5 Å². The van der Waals surface area contributed by atoms with Gasteiger partial charge in [-0.1, -0.05) is 17.7 Å². The van der Waals surface area contributed by atoms with E-state index in [-0.39, 0.29) is 0 Å². The number of nitrogens with zero attached hydrogens (tertiary/aromatic N) is 1. The van der Waals surface area contributed by atoms with Crippen molar-refractivity contribution >= 4 is 23.0 Å². The van der Waals surface area contributed by atoms with E-state index in [1.165, 1.54) is 0 Å². The lowest BCUT2D eigenvalue weighted by Crippen LogP contribution is -2.24. The van der Waals surface area contributed by atoms with Crippen LogP contribution in [0.5, 0.6) is 5.75 Å². The Morgan fingerprint density at radius 1 is 1.15 bits per heavy atom. The summed E-state index contributed by atoms with van der Waals surface area (Å²) in [5.41, 5.74) is 2.22. The maximum absolute atomic E-state index is 5.86. The van der Waals surface area contributed by atoms with Crippen LogP contribution in [0.4, 0.5) is 11.4 Å². The number of methoxy groups -OCH3 is 1. The third-order valence-electron chi connectivity index (χ3n) is 3.11. The van der Waals surface area contributed by atoms with Gasteiger partial charge in [0.1, 0.15) is 5.75 Å². The molecule has 2 aromatic rings. The molecule has 0 radical (unpaired) electrons. The summed E-state index contributed by atoms with van der Waals surface area (Å²) >= 11 is 5.86. The predicted molar refractivity (Wildman–Crippen MR) is 86.2 cm³/mol. The molecule has 0 fully saturated rings. The molecule has 0 amide bonds. The average molecular weight is 291 g/mol. The second kappa shape index (κ2) is 7.06. The molecule has 0 aliphatic carbocycles. The van der Waals surface area contributed by atoms with Crippen LogP contribution in [0.15, 0.2) is 48.5 Å². The summed E-state index contributed by atoms with van der Waals surface area (Å²) in [6.07, 6.45) is 0. The van der Waals surface area contributed by atoms with Crippen LogP contribution in [-0.4, -0.2) is 27.2 Å². The van der Waals surface area contributed by atoms with Crippen molar-refractivity contribution in [3.05, 3.63) is 53.6 Å². The average Bonchev–Trinajstić information content (AvgIpc) is 2.49. The molecular weight excluding hydrogens is 272 g/mol. The molecule has 0 heterocycles. The van der Waals surface area contributed by atoms with E-state index >= 15 is 0 Å². The zero-order valence-corrected chi connectivity index (χ0v) is 12.5. The van der Waals surface area contributed by atoms with E-state index in [0.717, 1.165) is 35.2 Å². The highest BCUT2D eigenvalue weighted by molar-refractivity contribution is 6.30. The van der Waals surface area contributed by atoms with Crippen LogP contribution < -0.4 is 15.0 Å². The first kappa shape index (κ1) is 14.5. The Kier molecular flexibility index (Phi) is 5.13. The number of rotatable bonds is 6. The third-order valence-corrected chi connectivity index (χ3v) is 3.37. The minimum absolute atomic E-state index is 0.754. The first-order chi connectivity index (χ1) is 9.69. The zero-order valence-electron chi connectivity index (χ0n) is 11.8. The number of nitrogens with one attached hydrogen (secondary N) is 1. The second-order valence-corrected chi connectivity index (χ2v) is 4.99. The van der Waals surface area contributed by atoms with Crippen LogP contribution in [-0.2, 0) is 0 Å². The van der Waals surface area contributed by atoms with E-state index in [2.05, 4.69) is 23.3 Å². The standard InChI is InChI=1S/C16H19ClN2O/c1-19(15-4-3-5-16(12-15)20-2)11-10-18-14-8-6-13(17)7-9-14/h3-9,12,18H,10-11H2,1-2H3. The Balaban J connectivity index is 1.85. The highest BCUT2D eigenvalue weighted by Gasteiger charge is 2.02. The quantitative estimate of drug-likeness (QED) is 0.873. The molecule has 0 saturated carbocycles. The van der Waals surface area contributed by atoms with Crippen molar-refractivity contribution < 1.29 is 4.74 Å². The van der Waals surface area contributed by atoms with Crippen molar-refractivity contribution in [3.63, 3.8) is 0 Å². The number of benzene rings is 2. The Hall–Kier alpha value is -1.87. The van der Waals surface area contributed by atoms with Gasteiger partial charge in [-0.15, -0.1) is 0 Å². The van der Waals surface area contributed by atoms with Crippen LogP contribution in [0.1, 0.15) is 0 Å². The summed E-state index contributed by atoms with van der Waals surface area (Å²) in [6, 6.07) is 15.8.